The normalized spacial score (nSPS) is 9.33. The number of aromatic nitrogens is 2. The third-order valence-corrected chi connectivity index (χ3v) is 3.15. The molecule has 3 rings (SSSR count). The largest absolute Gasteiger partial charge is 1.00 e. The van der Waals surface area contributed by atoms with Crippen molar-refractivity contribution in [1.82, 2.24) is 0 Å². The predicted octanol–water partition coefficient (Wildman–Crippen LogP) is -3.49. The number of halogens is 2. The van der Waals surface area contributed by atoms with Crippen LogP contribution in [0.1, 0.15) is 5.56 Å². The average Bonchev–Trinajstić information content (AvgIpc) is 2.50. The molecule has 0 saturated carbocycles. The van der Waals surface area contributed by atoms with Gasteiger partial charge in [0, 0.05) is 29.8 Å². The first kappa shape index (κ1) is 17.5. The topological polar surface area (TPSA) is 18.0 Å². The van der Waals surface area contributed by atoms with Crippen LogP contribution in [0, 0.1) is 0 Å². The van der Waals surface area contributed by atoms with Gasteiger partial charge < -0.3 is 34.0 Å². The van der Waals surface area contributed by atoms with Crippen LogP contribution < -0.4 is 43.5 Å². The van der Waals surface area contributed by atoms with Gasteiger partial charge in [0.15, 0.2) is 31.3 Å². The van der Waals surface area contributed by atoms with E-state index in [9.17, 15) is 0 Å². The molecule has 0 radical (unpaired) electrons. The number of hydrogen-bond donors (Lipinski definition) is 0. The van der Waals surface area contributed by atoms with Crippen molar-refractivity contribution >= 4 is 0 Å². The van der Waals surface area contributed by atoms with Crippen LogP contribution in [0.25, 0.3) is 11.1 Å². The molecule has 21 heavy (non-hydrogen) atoms. The first-order valence-electron chi connectivity index (χ1n) is 6.41. The van der Waals surface area contributed by atoms with Crippen molar-refractivity contribution in [2.24, 2.45) is 0 Å². The number of nitrogens with one attached hydrogen (secondary N) is 1. The third-order valence-electron chi connectivity index (χ3n) is 3.15. The van der Waals surface area contributed by atoms with Crippen LogP contribution in [0.5, 0.6) is 0 Å². The second kappa shape index (κ2) is 8.70. The Morgan fingerprint density at radius 3 is 1.90 bits per heavy atom. The van der Waals surface area contributed by atoms with Gasteiger partial charge in [-0.05, 0) is 11.1 Å². The van der Waals surface area contributed by atoms with E-state index in [1.54, 1.807) is 0 Å². The number of benzene rings is 1. The summed E-state index contributed by atoms with van der Waals surface area (Å²) in [6.45, 7) is 0.906. The molecule has 0 saturated heterocycles. The minimum absolute atomic E-state index is 0. The number of hydrogen-bond acceptors (Lipinski definition) is 0. The van der Waals surface area contributed by atoms with Gasteiger partial charge in [-0.1, -0.05) is 30.3 Å². The summed E-state index contributed by atoms with van der Waals surface area (Å²) in [7, 11) is 0. The predicted molar refractivity (Wildman–Crippen MR) is 74.2 cm³/mol. The Labute approximate surface area is 146 Å². The van der Waals surface area contributed by atoms with Crippen LogP contribution in [0.2, 0.25) is 0 Å². The molecule has 0 aliphatic heterocycles. The summed E-state index contributed by atoms with van der Waals surface area (Å²) in [5, 5.41) is 0. The van der Waals surface area contributed by atoms with Crippen LogP contribution in [0.15, 0.2) is 79.4 Å². The molecule has 2 heterocycles. The molecule has 0 amide bonds. The first-order chi connectivity index (χ1) is 9.42. The minimum Gasteiger partial charge on any atom is -1.00 e. The fourth-order valence-corrected chi connectivity index (χ4v) is 2.13. The van der Waals surface area contributed by atoms with Crippen molar-refractivity contribution in [2.75, 3.05) is 0 Å². The maximum absolute atomic E-state index is 3.04. The van der Waals surface area contributed by atoms with Gasteiger partial charge >= 0.3 is 0 Å². The summed E-state index contributed by atoms with van der Waals surface area (Å²) >= 11 is 0. The quantitative estimate of drug-likeness (QED) is 0.401. The van der Waals surface area contributed by atoms with Crippen molar-refractivity contribution in [3.8, 4) is 11.1 Å². The van der Waals surface area contributed by atoms with E-state index in [4.69, 9.17) is 0 Å². The molecular weight excluding hydrogens is 392 g/mol. The molecule has 4 heteroatoms. The van der Waals surface area contributed by atoms with Gasteiger partial charge in [-0.3, -0.25) is 0 Å². The number of pyridine rings is 2. The zero-order chi connectivity index (χ0) is 12.9. The van der Waals surface area contributed by atoms with Gasteiger partial charge in [0.1, 0.15) is 0 Å². The van der Waals surface area contributed by atoms with Crippen molar-refractivity contribution in [3.63, 3.8) is 0 Å². The molecule has 1 N–H and O–H groups in total. The highest BCUT2D eigenvalue weighted by atomic mass is 79.9. The van der Waals surface area contributed by atoms with Crippen molar-refractivity contribution in [3.05, 3.63) is 84.9 Å². The van der Waals surface area contributed by atoms with E-state index in [0.717, 1.165) is 6.54 Å². The summed E-state index contributed by atoms with van der Waals surface area (Å²) in [6, 6.07) is 18.9. The van der Waals surface area contributed by atoms with Gasteiger partial charge in [0.25, 0.3) is 0 Å². The fourth-order valence-electron chi connectivity index (χ4n) is 2.13. The zero-order valence-corrected chi connectivity index (χ0v) is 14.6. The molecule has 108 valence electrons. The number of rotatable bonds is 3. The lowest BCUT2D eigenvalue weighted by atomic mass is 10.1. The highest BCUT2D eigenvalue weighted by Crippen LogP contribution is 2.15. The molecule has 0 aliphatic rings. The van der Waals surface area contributed by atoms with Gasteiger partial charge in [-0.15, -0.1) is 0 Å². The van der Waals surface area contributed by atoms with Crippen LogP contribution in [0.4, 0.5) is 0 Å². The summed E-state index contributed by atoms with van der Waals surface area (Å²) in [4.78, 5) is 3.04. The Morgan fingerprint density at radius 2 is 1.29 bits per heavy atom. The Balaban J connectivity index is 0.00000110. The molecule has 0 bridgehead atoms. The van der Waals surface area contributed by atoms with Crippen molar-refractivity contribution in [2.45, 2.75) is 6.54 Å². The second-order valence-corrected chi connectivity index (χ2v) is 4.53. The maximum atomic E-state index is 3.04. The zero-order valence-electron chi connectivity index (χ0n) is 11.4. The van der Waals surface area contributed by atoms with E-state index >= 15 is 0 Å². The Kier molecular flexibility index (Phi) is 7.26. The summed E-state index contributed by atoms with van der Waals surface area (Å²) in [5.74, 6) is 0. The highest BCUT2D eigenvalue weighted by Gasteiger charge is 2.04. The number of nitrogens with zero attached hydrogens (tertiary/aromatic N) is 1. The Morgan fingerprint density at radius 1 is 0.714 bits per heavy atom. The van der Waals surface area contributed by atoms with Crippen molar-refractivity contribution in [1.29, 1.82) is 0 Å². The van der Waals surface area contributed by atoms with E-state index < -0.39 is 0 Å². The van der Waals surface area contributed by atoms with E-state index in [2.05, 4.69) is 70.5 Å². The van der Waals surface area contributed by atoms with Gasteiger partial charge in [0.2, 0.25) is 0 Å². The molecular formula is C17H16Br2N2. The standard InChI is InChI=1S/C17H15N2.2BrH/c1-2-4-15(5-3-1)14-19-12-8-17(9-13-19)16-6-10-18-11-7-16;;/h1-13H,14H2;2*1H/q+1;;/p-1. The average molecular weight is 408 g/mol. The summed E-state index contributed by atoms with van der Waals surface area (Å²) < 4.78 is 2.19. The molecule has 1 aromatic carbocycles. The van der Waals surface area contributed by atoms with Crippen LogP contribution in [0.3, 0.4) is 0 Å². The van der Waals surface area contributed by atoms with Crippen LogP contribution in [-0.2, 0) is 6.54 Å². The number of H-pyrrole nitrogens is 1. The molecule has 2 aromatic heterocycles. The number of aromatic amines is 1. The van der Waals surface area contributed by atoms with Gasteiger partial charge in [-0.2, -0.15) is 0 Å². The first-order valence-corrected chi connectivity index (χ1v) is 6.41. The lowest BCUT2D eigenvalue weighted by Gasteiger charge is -2.00. The van der Waals surface area contributed by atoms with E-state index in [0.29, 0.717) is 0 Å². The summed E-state index contributed by atoms with van der Waals surface area (Å²) in [6.07, 6.45) is 8.14. The summed E-state index contributed by atoms with van der Waals surface area (Å²) in [5.41, 5.74) is 3.78. The molecule has 0 aliphatic carbocycles. The minimum atomic E-state index is 0. The Hall–Kier alpha value is -1.52. The molecule has 0 fully saturated rings. The van der Waals surface area contributed by atoms with E-state index in [-0.39, 0.29) is 34.0 Å². The van der Waals surface area contributed by atoms with E-state index in [1.165, 1.54) is 16.7 Å². The van der Waals surface area contributed by atoms with Crippen LogP contribution >= 0.6 is 0 Å². The van der Waals surface area contributed by atoms with Gasteiger partial charge in [-0.25, -0.2) is 9.55 Å². The van der Waals surface area contributed by atoms with Gasteiger partial charge in [0.05, 0.1) is 0 Å². The molecule has 0 atom stereocenters. The monoisotopic (exact) mass is 406 g/mol. The van der Waals surface area contributed by atoms with Crippen molar-refractivity contribution < 1.29 is 43.5 Å². The fraction of sp³-hybridized carbons (Fsp3) is 0.0588. The second-order valence-electron chi connectivity index (χ2n) is 4.53. The third kappa shape index (κ3) is 4.76. The SMILES string of the molecule is [Br-].[Br-].c1ccc(C[n+]2ccc(-c3cc[nH+]cc3)cc2)cc1. The maximum Gasteiger partial charge on any atom is 0.173 e. The Bertz CT molecular complexity index is 641. The van der Waals surface area contributed by atoms with E-state index in [1.807, 2.05) is 18.5 Å². The lowest BCUT2D eigenvalue weighted by Crippen LogP contribution is -3.00. The molecule has 3 aromatic rings. The molecule has 0 spiro atoms. The lowest BCUT2D eigenvalue weighted by molar-refractivity contribution is -0.688. The smallest absolute Gasteiger partial charge is 0.173 e. The molecule has 0 unspecified atom stereocenters. The van der Waals surface area contributed by atoms with Crippen LogP contribution in [-0.4, -0.2) is 0 Å². The highest BCUT2D eigenvalue weighted by molar-refractivity contribution is 5.60. The molecule has 2 nitrogen and oxygen atoms in total.